The van der Waals surface area contributed by atoms with E-state index in [-0.39, 0.29) is 0 Å². The minimum Gasteiger partial charge on any atom is -0.478 e. The van der Waals surface area contributed by atoms with Gasteiger partial charge in [0.05, 0.1) is 17.3 Å². The van der Waals surface area contributed by atoms with Crippen LogP contribution >= 0.6 is 0 Å². The zero-order valence-electron chi connectivity index (χ0n) is 9.45. The molecule has 0 atom stereocenters. The normalized spacial score (nSPS) is 11.7. The van der Waals surface area contributed by atoms with Crippen LogP contribution in [0, 0.1) is 11.6 Å². The van der Waals surface area contributed by atoms with E-state index in [0.717, 1.165) is 0 Å². The number of hydrogen-bond acceptors (Lipinski definition) is 2. The van der Waals surface area contributed by atoms with Gasteiger partial charge < -0.3 is 5.11 Å². The van der Waals surface area contributed by atoms with Crippen molar-refractivity contribution in [1.82, 2.24) is 9.78 Å². The number of halogens is 5. The molecule has 1 aromatic heterocycles. The van der Waals surface area contributed by atoms with Gasteiger partial charge in [0.25, 0.3) is 0 Å². The number of rotatable bonds is 2. The Morgan fingerprint density at radius 1 is 1.20 bits per heavy atom. The van der Waals surface area contributed by atoms with E-state index >= 15 is 0 Å². The molecular weight excluding hydrogens is 287 g/mol. The maximum absolute atomic E-state index is 13.6. The zero-order valence-corrected chi connectivity index (χ0v) is 9.45. The number of carboxylic acid groups (broad SMARTS) is 1. The first-order chi connectivity index (χ1) is 9.20. The van der Waals surface area contributed by atoms with E-state index in [1.165, 1.54) is 0 Å². The van der Waals surface area contributed by atoms with Crippen LogP contribution in [0.25, 0.3) is 5.69 Å². The van der Waals surface area contributed by atoms with Gasteiger partial charge in [0.2, 0.25) is 0 Å². The van der Waals surface area contributed by atoms with Crippen molar-refractivity contribution in [2.24, 2.45) is 0 Å². The molecule has 0 aliphatic rings. The number of hydrogen-bond donors (Lipinski definition) is 1. The fourth-order valence-electron chi connectivity index (χ4n) is 1.50. The number of nitrogens with zero attached hydrogens (tertiary/aromatic N) is 2. The predicted octanol–water partition coefficient (Wildman–Crippen LogP) is 2.87. The SMILES string of the molecule is O=C(O)c1cc(F)c(-n2cc(C(F)(F)F)cn2)c(F)c1. The van der Waals surface area contributed by atoms with Gasteiger partial charge in [-0.25, -0.2) is 18.3 Å². The molecule has 0 aliphatic carbocycles. The van der Waals surface area contributed by atoms with Gasteiger partial charge in [-0.2, -0.15) is 18.3 Å². The minimum absolute atomic E-state index is 0.360. The number of benzene rings is 1. The van der Waals surface area contributed by atoms with Gasteiger partial charge in [0.15, 0.2) is 11.6 Å². The highest BCUT2D eigenvalue weighted by Gasteiger charge is 2.32. The van der Waals surface area contributed by atoms with Crippen LogP contribution in [-0.2, 0) is 6.18 Å². The van der Waals surface area contributed by atoms with E-state index in [1.54, 1.807) is 0 Å². The van der Waals surface area contributed by atoms with Crippen LogP contribution in [0.5, 0.6) is 0 Å². The fraction of sp³-hybridized carbons (Fsp3) is 0.0909. The van der Waals surface area contributed by atoms with Crippen molar-refractivity contribution in [3.8, 4) is 5.69 Å². The molecule has 0 saturated heterocycles. The van der Waals surface area contributed by atoms with E-state index in [9.17, 15) is 26.7 Å². The molecule has 0 unspecified atom stereocenters. The predicted molar refractivity (Wildman–Crippen MR) is 55.4 cm³/mol. The monoisotopic (exact) mass is 292 g/mol. The van der Waals surface area contributed by atoms with E-state index in [4.69, 9.17) is 5.11 Å². The highest BCUT2D eigenvalue weighted by atomic mass is 19.4. The van der Waals surface area contributed by atoms with Crippen LogP contribution < -0.4 is 0 Å². The van der Waals surface area contributed by atoms with Crippen LogP contribution in [0.1, 0.15) is 15.9 Å². The number of alkyl halides is 3. The van der Waals surface area contributed by atoms with E-state index < -0.39 is 40.6 Å². The molecule has 4 nitrogen and oxygen atoms in total. The average molecular weight is 292 g/mol. The van der Waals surface area contributed by atoms with Crippen molar-refractivity contribution < 1.29 is 31.9 Å². The quantitative estimate of drug-likeness (QED) is 0.866. The Labute approximate surface area is 108 Å². The highest BCUT2D eigenvalue weighted by Crippen LogP contribution is 2.30. The Morgan fingerprint density at radius 3 is 2.15 bits per heavy atom. The second-order valence-corrected chi connectivity index (χ2v) is 3.76. The van der Waals surface area contributed by atoms with Gasteiger partial charge in [0.1, 0.15) is 5.69 Å². The first-order valence-electron chi connectivity index (χ1n) is 5.04. The molecule has 20 heavy (non-hydrogen) atoms. The Kier molecular flexibility index (Phi) is 3.20. The largest absolute Gasteiger partial charge is 0.478 e. The first-order valence-corrected chi connectivity index (χ1v) is 5.04. The lowest BCUT2D eigenvalue weighted by Crippen LogP contribution is -2.07. The third-order valence-corrected chi connectivity index (χ3v) is 2.40. The lowest BCUT2D eigenvalue weighted by atomic mass is 10.2. The van der Waals surface area contributed by atoms with Crippen molar-refractivity contribution >= 4 is 5.97 Å². The number of aromatic nitrogens is 2. The molecule has 1 N–H and O–H groups in total. The Bertz CT molecular complexity index is 655. The number of carbonyl (C=O) groups is 1. The van der Waals surface area contributed by atoms with Gasteiger partial charge in [-0.05, 0) is 12.1 Å². The summed E-state index contributed by atoms with van der Waals surface area (Å²) < 4.78 is 64.7. The van der Waals surface area contributed by atoms with Crippen LogP contribution in [0.3, 0.4) is 0 Å². The van der Waals surface area contributed by atoms with Gasteiger partial charge >= 0.3 is 12.1 Å². The Morgan fingerprint density at radius 2 is 1.75 bits per heavy atom. The zero-order chi connectivity index (χ0) is 15.1. The molecule has 2 rings (SSSR count). The van der Waals surface area contributed by atoms with Gasteiger partial charge in [-0.3, -0.25) is 0 Å². The molecule has 0 saturated carbocycles. The third-order valence-electron chi connectivity index (χ3n) is 2.40. The Balaban J connectivity index is 2.53. The van der Waals surface area contributed by atoms with E-state index in [1.807, 2.05) is 0 Å². The van der Waals surface area contributed by atoms with Gasteiger partial charge in [-0.15, -0.1) is 0 Å². The van der Waals surface area contributed by atoms with E-state index in [0.29, 0.717) is 29.2 Å². The molecule has 0 radical (unpaired) electrons. The summed E-state index contributed by atoms with van der Waals surface area (Å²) in [6.45, 7) is 0. The van der Waals surface area contributed by atoms with E-state index in [2.05, 4.69) is 5.10 Å². The Hall–Kier alpha value is -2.45. The first kappa shape index (κ1) is 14.0. The summed E-state index contributed by atoms with van der Waals surface area (Å²) in [5.41, 5.74) is -2.73. The highest BCUT2D eigenvalue weighted by molar-refractivity contribution is 5.87. The summed E-state index contributed by atoms with van der Waals surface area (Å²) in [7, 11) is 0. The molecule has 2 aromatic rings. The molecule has 0 fully saturated rings. The van der Waals surface area contributed by atoms with Crippen molar-refractivity contribution in [1.29, 1.82) is 0 Å². The minimum atomic E-state index is -4.70. The summed E-state index contributed by atoms with van der Waals surface area (Å²) in [5.74, 6) is -4.23. The average Bonchev–Trinajstić information content (AvgIpc) is 2.76. The lowest BCUT2D eigenvalue weighted by molar-refractivity contribution is -0.137. The molecule has 0 spiro atoms. The fourth-order valence-corrected chi connectivity index (χ4v) is 1.50. The van der Waals surface area contributed by atoms with Crippen LogP contribution in [0.4, 0.5) is 22.0 Å². The molecule has 0 bridgehead atoms. The molecule has 9 heteroatoms. The molecular formula is C11H5F5N2O2. The second kappa shape index (κ2) is 4.58. The van der Waals surface area contributed by atoms with Gasteiger partial charge in [0, 0.05) is 6.20 Å². The molecule has 1 aromatic carbocycles. The van der Waals surface area contributed by atoms with Crippen molar-refractivity contribution in [3.05, 3.63) is 47.3 Å². The van der Waals surface area contributed by atoms with Crippen LogP contribution in [0.2, 0.25) is 0 Å². The lowest BCUT2D eigenvalue weighted by Gasteiger charge is -2.06. The smallest absolute Gasteiger partial charge is 0.419 e. The maximum atomic E-state index is 13.6. The summed E-state index contributed by atoms with van der Waals surface area (Å²) in [6.07, 6.45) is -3.89. The number of aromatic carboxylic acids is 1. The van der Waals surface area contributed by atoms with Crippen molar-refractivity contribution in [2.75, 3.05) is 0 Å². The standard InChI is InChI=1S/C11H5F5N2O2/c12-7-1-5(10(19)20)2-8(13)9(7)18-4-6(3-17-18)11(14,15)16/h1-4H,(H,19,20). The summed E-state index contributed by atoms with van der Waals surface area (Å²) >= 11 is 0. The summed E-state index contributed by atoms with van der Waals surface area (Å²) in [6, 6.07) is 0.991. The van der Waals surface area contributed by atoms with Crippen molar-refractivity contribution in [2.45, 2.75) is 6.18 Å². The van der Waals surface area contributed by atoms with Crippen LogP contribution in [0.15, 0.2) is 24.5 Å². The summed E-state index contributed by atoms with van der Waals surface area (Å²) in [4.78, 5) is 10.6. The second-order valence-electron chi connectivity index (χ2n) is 3.76. The molecule has 0 amide bonds. The van der Waals surface area contributed by atoms with Crippen LogP contribution in [-0.4, -0.2) is 20.9 Å². The molecule has 106 valence electrons. The third kappa shape index (κ3) is 2.46. The number of carboxylic acids is 1. The molecule has 0 aliphatic heterocycles. The summed E-state index contributed by atoms with van der Waals surface area (Å²) in [5, 5.41) is 11.8. The van der Waals surface area contributed by atoms with Gasteiger partial charge in [-0.1, -0.05) is 0 Å². The topological polar surface area (TPSA) is 55.1 Å². The maximum Gasteiger partial charge on any atom is 0.419 e. The molecule has 1 heterocycles. The van der Waals surface area contributed by atoms with Crippen molar-refractivity contribution in [3.63, 3.8) is 0 Å².